The molecule has 1 amide bonds. The molecule has 4 nitrogen and oxygen atoms in total. The Morgan fingerprint density at radius 2 is 1.81 bits per heavy atom. The van der Waals surface area contributed by atoms with E-state index in [2.05, 4.69) is 15.3 Å². The predicted octanol–water partition coefficient (Wildman–Crippen LogP) is 5.44. The summed E-state index contributed by atoms with van der Waals surface area (Å²) in [5.74, 6) is 0.607. The smallest absolute Gasteiger partial charge is 0.255 e. The lowest BCUT2D eigenvalue weighted by atomic mass is 10.1. The first-order valence-corrected chi connectivity index (χ1v) is 8.61. The molecule has 0 saturated carbocycles. The predicted molar refractivity (Wildman–Crippen MR) is 106 cm³/mol. The summed E-state index contributed by atoms with van der Waals surface area (Å²) in [6.07, 6.45) is 0. The number of aromatic amines is 1. The molecule has 0 aliphatic rings. The first-order valence-electron chi connectivity index (χ1n) is 8.23. The number of nitrogens with zero attached hydrogens (tertiary/aromatic N) is 1. The second-order valence-electron chi connectivity index (χ2n) is 6.09. The topological polar surface area (TPSA) is 57.8 Å². The number of carbonyl (C=O) groups excluding carboxylic acids is 1. The largest absolute Gasteiger partial charge is 0.338 e. The summed E-state index contributed by atoms with van der Waals surface area (Å²) in [6.45, 7) is 1.96. The molecular weight excluding hydrogens is 346 g/mol. The number of fused-ring (bicyclic) bond motifs is 1. The van der Waals surface area contributed by atoms with E-state index in [4.69, 9.17) is 11.6 Å². The van der Waals surface area contributed by atoms with Gasteiger partial charge >= 0.3 is 0 Å². The average molecular weight is 362 g/mol. The van der Waals surface area contributed by atoms with Gasteiger partial charge in [-0.3, -0.25) is 4.79 Å². The Morgan fingerprint density at radius 3 is 2.58 bits per heavy atom. The van der Waals surface area contributed by atoms with E-state index in [1.54, 1.807) is 12.1 Å². The molecule has 2 N–H and O–H groups in total. The molecule has 0 atom stereocenters. The van der Waals surface area contributed by atoms with Gasteiger partial charge in [-0.15, -0.1) is 0 Å². The van der Waals surface area contributed by atoms with Crippen LogP contribution in [-0.4, -0.2) is 15.9 Å². The quantitative estimate of drug-likeness (QED) is 0.510. The van der Waals surface area contributed by atoms with Gasteiger partial charge < -0.3 is 10.3 Å². The van der Waals surface area contributed by atoms with Crippen LogP contribution in [0.25, 0.3) is 22.4 Å². The SMILES string of the molecule is Cc1ccccc1NC(=O)c1ccc(-c2nc3ccc(Cl)cc3[nH]2)cc1. The normalized spacial score (nSPS) is 10.8. The first-order chi connectivity index (χ1) is 12.6. The number of halogens is 1. The summed E-state index contributed by atoms with van der Waals surface area (Å²) >= 11 is 6.01. The second-order valence-corrected chi connectivity index (χ2v) is 6.53. The van der Waals surface area contributed by atoms with Crippen LogP contribution in [0.5, 0.6) is 0 Å². The van der Waals surface area contributed by atoms with Crippen LogP contribution >= 0.6 is 11.6 Å². The Hall–Kier alpha value is -3.11. The Labute approximate surface area is 155 Å². The minimum Gasteiger partial charge on any atom is -0.338 e. The average Bonchev–Trinajstić information content (AvgIpc) is 3.07. The lowest BCUT2D eigenvalue weighted by Gasteiger charge is -2.08. The maximum atomic E-state index is 12.4. The Balaban J connectivity index is 1.57. The zero-order chi connectivity index (χ0) is 18.1. The number of para-hydroxylation sites is 1. The van der Waals surface area contributed by atoms with Gasteiger partial charge in [-0.05, 0) is 48.9 Å². The lowest BCUT2D eigenvalue weighted by Crippen LogP contribution is -2.12. The fraction of sp³-hybridized carbons (Fsp3) is 0.0476. The minimum absolute atomic E-state index is 0.137. The number of amides is 1. The highest BCUT2D eigenvalue weighted by Crippen LogP contribution is 2.23. The van der Waals surface area contributed by atoms with Gasteiger partial charge in [0, 0.05) is 21.8 Å². The molecule has 0 saturated heterocycles. The molecule has 0 aliphatic heterocycles. The van der Waals surface area contributed by atoms with Crippen LogP contribution < -0.4 is 5.32 Å². The zero-order valence-electron chi connectivity index (χ0n) is 14.1. The number of aryl methyl sites for hydroxylation is 1. The Bertz CT molecular complexity index is 1100. The molecule has 0 bridgehead atoms. The highest BCUT2D eigenvalue weighted by molar-refractivity contribution is 6.31. The van der Waals surface area contributed by atoms with Gasteiger partial charge in [0.15, 0.2) is 0 Å². The number of H-pyrrole nitrogens is 1. The summed E-state index contributed by atoms with van der Waals surface area (Å²) in [6, 6.07) is 20.6. The van der Waals surface area contributed by atoms with Gasteiger partial charge in [0.25, 0.3) is 5.91 Å². The van der Waals surface area contributed by atoms with Crippen molar-refractivity contribution in [1.29, 1.82) is 0 Å². The highest BCUT2D eigenvalue weighted by Gasteiger charge is 2.10. The van der Waals surface area contributed by atoms with E-state index < -0.39 is 0 Å². The van der Waals surface area contributed by atoms with Crippen molar-refractivity contribution >= 4 is 34.2 Å². The van der Waals surface area contributed by atoms with Crippen molar-refractivity contribution in [2.75, 3.05) is 5.32 Å². The first kappa shape index (κ1) is 16.4. The Kier molecular flexibility index (Phi) is 4.19. The van der Waals surface area contributed by atoms with Gasteiger partial charge in [-0.1, -0.05) is 41.9 Å². The minimum atomic E-state index is -0.137. The molecule has 128 valence electrons. The van der Waals surface area contributed by atoms with Crippen LogP contribution in [0.2, 0.25) is 5.02 Å². The number of hydrogen-bond acceptors (Lipinski definition) is 2. The monoisotopic (exact) mass is 361 g/mol. The van der Waals surface area contributed by atoms with E-state index in [1.165, 1.54) is 0 Å². The van der Waals surface area contributed by atoms with Crippen LogP contribution in [0.15, 0.2) is 66.7 Å². The van der Waals surface area contributed by atoms with E-state index in [9.17, 15) is 4.79 Å². The molecule has 0 radical (unpaired) electrons. The van der Waals surface area contributed by atoms with Gasteiger partial charge in [-0.25, -0.2) is 4.98 Å². The van der Waals surface area contributed by atoms with E-state index >= 15 is 0 Å². The molecule has 4 rings (SSSR count). The third-order valence-corrected chi connectivity index (χ3v) is 4.49. The molecular formula is C21H16ClN3O. The van der Waals surface area contributed by atoms with Gasteiger partial charge in [0.1, 0.15) is 5.82 Å². The van der Waals surface area contributed by atoms with Crippen LogP contribution in [-0.2, 0) is 0 Å². The van der Waals surface area contributed by atoms with Crippen molar-refractivity contribution in [2.45, 2.75) is 6.92 Å². The summed E-state index contributed by atoms with van der Waals surface area (Å²) in [5, 5.41) is 3.60. The van der Waals surface area contributed by atoms with Crippen molar-refractivity contribution in [1.82, 2.24) is 9.97 Å². The third-order valence-electron chi connectivity index (χ3n) is 4.26. The second kappa shape index (κ2) is 6.65. The van der Waals surface area contributed by atoms with Crippen molar-refractivity contribution in [2.24, 2.45) is 0 Å². The van der Waals surface area contributed by atoms with Crippen LogP contribution in [0, 0.1) is 6.92 Å². The number of aromatic nitrogens is 2. The van der Waals surface area contributed by atoms with E-state index in [0.717, 1.165) is 33.7 Å². The van der Waals surface area contributed by atoms with Crippen LogP contribution in [0.3, 0.4) is 0 Å². The number of anilines is 1. The molecule has 3 aromatic carbocycles. The lowest BCUT2D eigenvalue weighted by molar-refractivity contribution is 0.102. The fourth-order valence-electron chi connectivity index (χ4n) is 2.81. The standard InChI is InChI=1S/C21H16ClN3O/c1-13-4-2-3-5-17(13)25-21(26)15-8-6-14(7-9-15)20-23-18-11-10-16(22)12-19(18)24-20/h2-12H,1H3,(H,23,24)(H,25,26). The molecule has 0 spiro atoms. The summed E-state index contributed by atoms with van der Waals surface area (Å²) < 4.78 is 0. The van der Waals surface area contributed by atoms with E-state index in [0.29, 0.717) is 10.6 Å². The molecule has 1 heterocycles. The maximum Gasteiger partial charge on any atom is 0.255 e. The van der Waals surface area contributed by atoms with Crippen LogP contribution in [0.1, 0.15) is 15.9 Å². The highest BCUT2D eigenvalue weighted by atomic mass is 35.5. The van der Waals surface area contributed by atoms with E-state index in [-0.39, 0.29) is 5.91 Å². The molecule has 0 fully saturated rings. The van der Waals surface area contributed by atoms with E-state index in [1.807, 2.05) is 61.5 Å². The molecule has 26 heavy (non-hydrogen) atoms. The molecule has 0 unspecified atom stereocenters. The summed E-state index contributed by atoms with van der Waals surface area (Å²) in [5.41, 5.74) is 5.08. The third kappa shape index (κ3) is 3.19. The number of hydrogen-bond donors (Lipinski definition) is 2. The maximum absolute atomic E-state index is 12.4. The molecule has 5 heteroatoms. The van der Waals surface area contributed by atoms with Gasteiger partial charge in [0.2, 0.25) is 0 Å². The van der Waals surface area contributed by atoms with Gasteiger partial charge in [0.05, 0.1) is 11.0 Å². The van der Waals surface area contributed by atoms with Crippen LogP contribution in [0.4, 0.5) is 5.69 Å². The molecule has 4 aromatic rings. The number of imidazole rings is 1. The van der Waals surface area contributed by atoms with Crippen molar-refractivity contribution < 1.29 is 4.79 Å². The fourth-order valence-corrected chi connectivity index (χ4v) is 2.98. The molecule has 0 aliphatic carbocycles. The number of nitrogens with one attached hydrogen (secondary N) is 2. The van der Waals surface area contributed by atoms with Crippen molar-refractivity contribution in [3.8, 4) is 11.4 Å². The zero-order valence-corrected chi connectivity index (χ0v) is 14.8. The number of carbonyl (C=O) groups is 1. The Morgan fingerprint density at radius 1 is 1.04 bits per heavy atom. The van der Waals surface area contributed by atoms with Gasteiger partial charge in [-0.2, -0.15) is 0 Å². The summed E-state index contributed by atoms with van der Waals surface area (Å²) in [7, 11) is 0. The summed E-state index contributed by atoms with van der Waals surface area (Å²) in [4.78, 5) is 20.3. The van der Waals surface area contributed by atoms with Crippen molar-refractivity contribution in [3.05, 3.63) is 82.9 Å². The number of benzene rings is 3. The molecule has 1 aromatic heterocycles. The number of rotatable bonds is 3. The van der Waals surface area contributed by atoms with Crippen molar-refractivity contribution in [3.63, 3.8) is 0 Å².